The number of benzene rings is 1. The molecule has 1 aromatic carbocycles. The standard InChI is InChI=1S/C24H30N4O4/c1-3-26(4-2)23(30)17-10-11-19-21(14-17)28(24(31)20-9-5-6-12-27(19)20)16-22(29)25-15-18-8-7-13-32-18/h7-8,10-11,13-14,20H,3-6,9,12,15-16H2,1-2H3,(H,25,29)/t20-/m0/s1. The molecular formula is C24H30N4O4. The van der Waals surface area contributed by atoms with Gasteiger partial charge in [0.25, 0.3) is 5.91 Å². The van der Waals surface area contributed by atoms with Gasteiger partial charge in [-0.1, -0.05) is 0 Å². The van der Waals surface area contributed by atoms with Crippen molar-refractivity contribution in [3.05, 3.63) is 47.9 Å². The number of rotatable bonds is 7. The average Bonchev–Trinajstić information content (AvgIpc) is 3.34. The SMILES string of the molecule is CCN(CC)C(=O)c1ccc2c(c1)N(CC(=O)NCc1ccco1)C(=O)[C@@H]1CCCCN21. The van der Waals surface area contributed by atoms with E-state index < -0.39 is 0 Å². The van der Waals surface area contributed by atoms with Gasteiger partial charge in [-0.3, -0.25) is 19.3 Å². The minimum absolute atomic E-state index is 0.0757. The molecule has 0 aliphatic carbocycles. The first kappa shape index (κ1) is 21.9. The van der Waals surface area contributed by atoms with Crippen LogP contribution in [-0.4, -0.2) is 54.8 Å². The summed E-state index contributed by atoms with van der Waals surface area (Å²) in [6.07, 6.45) is 4.33. The summed E-state index contributed by atoms with van der Waals surface area (Å²) in [5, 5.41) is 2.81. The van der Waals surface area contributed by atoms with Crippen LogP contribution < -0.4 is 15.1 Å². The molecule has 32 heavy (non-hydrogen) atoms. The second-order valence-corrected chi connectivity index (χ2v) is 8.17. The highest BCUT2D eigenvalue weighted by Crippen LogP contribution is 2.40. The van der Waals surface area contributed by atoms with Gasteiger partial charge in [0, 0.05) is 25.2 Å². The molecule has 0 bridgehead atoms. The van der Waals surface area contributed by atoms with Crippen LogP contribution in [0.4, 0.5) is 11.4 Å². The molecule has 1 N–H and O–H groups in total. The molecule has 8 nitrogen and oxygen atoms in total. The molecule has 0 unspecified atom stereocenters. The van der Waals surface area contributed by atoms with Crippen molar-refractivity contribution >= 4 is 29.1 Å². The van der Waals surface area contributed by atoms with E-state index in [0.717, 1.165) is 31.5 Å². The summed E-state index contributed by atoms with van der Waals surface area (Å²) in [7, 11) is 0. The molecule has 3 heterocycles. The summed E-state index contributed by atoms with van der Waals surface area (Å²) in [5.74, 6) is 0.214. The van der Waals surface area contributed by atoms with E-state index in [0.29, 0.717) is 30.1 Å². The fourth-order valence-corrected chi connectivity index (χ4v) is 4.55. The second kappa shape index (κ2) is 9.46. The van der Waals surface area contributed by atoms with E-state index in [4.69, 9.17) is 4.42 Å². The van der Waals surface area contributed by atoms with Crippen LogP contribution in [0.5, 0.6) is 0 Å². The van der Waals surface area contributed by atoms with Crippen molar-refractivity contribution in [1.29, 1.82) is 0 Å². The monoisotopic (exact) mass is 438 g/mol. The lowest BCUT2D eigenvalue weighted by molar-refractivity contribution is -0.125. The smallest absolute Gasteiger partial charge is 0.253 e. The van der Waals surface area contributed by atoms with Crippen molar-refractivity contribution < 1.29 is 18.8 Å². The Morgan fingerprint density at radius 1 is 1.16 bits per heavy atom. The quantitative estimate of drug-likeness (QED) is 0.719. The highest BCUT2D eigenvalue weighted by atomic mass is 16.3. The van der Waals surface area contributed by atoms with E-state index in [1.54, 1.807) is 29.4 Å². The highest BCUT2D eigenvalue weighted by molar-refractivity contribution is 6.09. The van der Waals surface area contributed by atoms with Gasteiger partial charge < -0.3 is 19.5 Å². The molecule has 2 aromatic rings. The first-order valence-corrected chi connectivity index (χ1v) is 11.3. The Morgan fingerprint density at radius 2 is 1.97 bits per heavy atom. The minimum Gasteiger partial charge on any atom is -0.467 e. The van der Waals surface area contributed by atoms with Crippen LogP contribution in [0.15, 0.2) is 41.0 Å². The highest BCUT2D eigenvalue weighted by Gasteiger charge is 2.40. The molecule has 4 rings (SSSR count). The normalized spacial score (nSPS) is 17.6. The zero-order valence-electron chi connectivity index (χ0n) is 18.7. The van der Waals surface area contributed by atoms with Gasteiger partial charge in [0.1, 0.15) is 18.3 Å². The number of carbonyl (C=O) groups is 3. The largest absolute Gasteiger partial charge is 0.467 e. The minimum atomic E-state index is -0.273. The van der Waals surface area contributed by atoms with Crippen LogP contribution in [0.1, 0.15) is 49.2 Å². The molecule has 170 valence electrons. The van der Waals surface area contributed by atoms with E-state index in [1.807, 2.05) is 26.0 Å². The Hall–Kier alpha value is -3.29. The summed E-state index contributed by atoms with van der Waals surface area (Å²) in [5.41, 5.74) is 2.06. The number of nitrogens with zero attached hydrogens (tertiary/aromatic N) is 3. The Kier molecular flexibility index (Phi) is 6.48. The number of anilines is 2. The summed E-state index contributed by atoms with van der Waals surface area (Å²) in [6, 6.07) is 8.79. The van der Waals surface area contributed by atoms with Gasteiger partial charge in [-0.25, -0.2) is 0 Å². The summed E-state index contributed by atoms with van der Waals surface area (Å²) >= 11 is 0. The summed E-state index contributed by atoms with van der Waals surface area (Å²) < 4.78 is 5.26. The number of nitrogens with one attached hydrogen (secondary N) is 1. The zero-order valence-corrected chi connectivity index (χ0v) is 18.7. The molecule has 0 saturated carbocycles. The fourth-order valence-electron chi connectivity index (χ4n) is 4.55. The molecule has 1 aromatic heterocycles. The van der Waals surface area contributed by atoms with Gasteiger partial charge in [-0.2, -0.15) is 0 Å². The van der Waals surface area contributed by atoms with Crippen LogP contribution in [0.3, 0.4) is 0 Å². The molecule has 2 aliphatic heterocycles. The van der Waals surface area contributed by atoms with Crippen LogP contribution in [-0.2, 0) is 16.1 Å². The van der Waals surface area contributed by atoms with Gasteiger partial charge in [0.15, 0.2) is 0 Å². The Balaban J connectivity index is 1.63. The van der Waals surface area contributed by atoms with E-state index in [9.17, 15) is 14.4 Å². The lowest BCUT2D eigenvalue weighted by Gasteiger charge is -2.45. The van der Waals surface area contributed by atoms with Crippen molar-refractivity contribution in [2.45, 2.75) is 45.7 Å². The van der Waals surface area contributed by atoms with Gasteiger partial charge in [0.05, 0.1) is 24.2 Å². The number of hydrogen-bond donors (Lipinski definition) is 1. The molecule has 3 amide bonds. The van der Waals surface area contributed by atoms with Gasteiger partial charge in [-0.15, -0.1) is 0 Å². The predicted octanol–water partition coefficient (Wildman–Crippen LogP) is 2.78. The number of hydrogen-bond acceptors (Lipinski definition) is 5. The van der Waals surface area contributed by atoms with Crippen molar-refractivity contribution in [1.82, 2.24) is 10.2 Å². The predicted molar refractivity (Wildman–Crippen MR) is 122 cm³/mol. The Morgan fingerprint density at radius 3 is 2.69 bits per heavy atom. The molecular weight excluding hydrogens is 408 g/mol. The zero-order chi connectivity index (χ0) is 22.7. The molecule has 8 heteroatoms. The first-order valence-electron chi connectivity index (χ1n) is 11.3. The van der Waals surface area contributed by atoms with Gasteiger partial charge in [-0.05, 0) is 63.4 Å². The van der Waals surface area contributed by atoms with Crippen LogP contribution in [0.25, 0.3) is 0 Å². The topological polar surface area (TPSA) is 86.1 Å². The molecule has 1 fully saturated rings. The van der Waals surface area contributed by atoms with Crippen molar-refractivity contribution in [2.75, 3.05) is 36.0 Å². The van der Waals surface area contributed by atoms with Gasteiger partial charge >= 0.3 is 0 Å². The number of furan rings is 1. The lowest BCUT2D eigenvalue weighted by atomic mass is 9.95. The van der Waals surface area contributed by atoms with Crippen LogP contribution >= 0.6 is 0 Å². The fraction of sp³-hybridized carbons (Fsp3) is 0.458. The van der Waals surface area contributed by atoms with Crippen molar-refractivity contribution in [2.24, 2.45) is 0 Å². The lowest BCUT2D eigenvalue weighted by Crippen LogP contribution is -2.57. The van der Waals surface area contributed by atoms with E-state index >= 15 is 0 Å². The van der Waals surface area contributed by atoms with E-state index in [-0.39, 0.29) is 36.9 Å². The molecule has 1 saturated heterocycles. The van der Waals surface area contributed by atoms with Crippen molar-refractivity contribution in [3.63, 3.8) is 0 Å². The van der Waals surface area contributed by atoms with Gasteiger partial charge in [0.2, 0.25) is 11.8 Å². The number of amides is 3. The third kappa shape index (κ3) is 4.22. The summed E-state index contributed by atoms with van der Waals surface area (Å²) in [4.78, 5) is 44.5. The number of carbonyl (C=O) groups excluding carboxylic acids is 3. The third-order valence-electron chi connectivity index (χ3n) is 6.27. The Labute approximate surface area is 188 Å². The molecule has 2 aliphatic rings. The maximum absolute atomic E-state index is 13.4. The first-order chi connectivity index (χ1) is 15.5. The van der Waals surface area contributed by atoms with Crippen LogP contribution in [0, 0.1) is 0 Å². The maximum Gasteiger partial charge on any atom is 0.253 e. The summed E-state index contributed by atoms with van der Waals surface area (Å²) in [6.45, 7) is 6.06. The number of piperidine rings is 1. The number of fused-ring (bicyclic) bond motifs is 3. The average molecular weight is 439 g/mol. The van der Waals surface area contributed by atoms with Crippen molar-refractivity contribution in [3.8, 4) is 0 Å². The van der Waals surface area contributed by atoms with E-state index in [2.05, 4.69) is 10.2 Å². The maximum atomic E-state index is 13.4. The second-order valence-electron chi connectivity index (χ2n) is 8.17. The van der Waals surface area contributed by atoms with Crippen LogP contribution in [0.2, 0.25) is 0 Å². The van der Waals surface area contributed by atoms with E-state index in [1.165, 1.54) is 4.90 Å². The molecule has 1 atom stereocenters. The Bertz CT molecular complexity index is 984. The molecule has 0 radical (unpaired) electrons. The molecule has 0 spiro atoms. The third-order valence-corrected chi connectivity index (χ3v) is 6.27.